The fourth-order valence-corrected chi connectivity index (χ4v) is 2.48. The van der Waals surface area contributed by atoms with Crippen LogP contribution in [0.25, 0.3) is 0 Å². The Kier molecular flexibility index (Phi) is 6.04. The Balaban J connectivity index is 2.03. The van der Waals surface area contributed by atoms with Gasteiger partial charge in [0.25, 0.3) is 0 Å². The monoisotopic (exact) mass is 378 g/mol. The number of amides is 2. The number of esters is 1. The van der Waals surface area contributed by atoms with Crippen LogP contribution in [0.5, 0.6) is 0 Å². The van der Waals surface area contributed by atoms with Gasteiger partial charge < -0.3 is 19.5 Å². The summed E-state index contributed by atoms with van der Waals surface area (Å²) < 4.78 is 10.0. The van der Waals surface area contributed by atoms with Gasteiger partial charge in [0.1, 0.15) is 5.60 Å². The summed E-state index contributed by atoms with van der Waals surface area (Å²) in [6.45, 7) is 4.66. The molecule has 0 aliphatic carbocycles. The lowest BCUT2D eigenvalue weighted by Gasteiger charge is -2.38. The van der Waals surface area contributed by atoms with Crippen molar-refractivity contribution in [2.75, 3.05) is 19.6 Å². The molecule has 0 radical (unpaired) electrons. The number of piperazine rings is 1. The van der Waals surface area contributed by atoms with Crippen LogP contribution in [0, 0.1) is 0 Å². The second-order valence-electron chi connectivity index (χ2n) is 7.00. The zero-order chi connectivity index (χ0) is 20.2. The molecule has 2 rings (SSSR count). The third-order valence-electron chi connectivity index (χ3n) is 3.74. The smallest absolute Gasteiger partial charge is 0.417 e. The first-order chi connectivity index (χ1) is 12.6. The summed E-state index contributed by atoms with van der Waals surface area (Å²) in [7, 11) is 0. The topological polar surface area (TPSA) is 113 Å². The molecular weight excluding hydrogens is 356 g/mol. The Labute approximate surface area is 156 Å². The number of rotatable bonds is 2. The van der Waals surface area contributed by atoms with E-state index >= 15 is 0 Å². The molecule has 0 aromatic heterocycles. The number of hydrogen-bond acceptors (Lipinski definition) is 6. The van der Waals surface area contributed by atoms with Gasteiger partial charge in [0.15, 0.2) is 6.04 Å². The largest absolute Gasteiger partial charge is 0.480 e. The molecule has 9 nitrogen and oxygen atoms in total. The van der Waals surface area contributed by atoms with Gasteiger partial charge in [-0.25, -0.2) is 19.2 Å². The Bertz CT molecular complexity index is 727. The van der Waals surface area contributed by atoms with Crippen LogP contribution in [0.4, 0.5) is 9.59 Å². The molecule has 0 bridgehead atoms. The maximum absolute atomic E-state index is 12.2. The predicted molar refractivity (Wildman–Crippen MR) is 93.2 cm³/mol. The highest BCUT2D eigenvalue weighted by Crippen LogP contribution is 2.17. The standard InChI is InChI=1S/C18H22N2O7/c1-18(2,3)27-17(25)20-10-9-19(11-13(20)14(21)22)16(24)26-15(23)12-7-5-4-6-8-12/h4-8,13H,9-11H2,1-3H3,(H,21,22). The second kappa shape index (κ2) is 8.07. The van der Waals surface area contributed by atoms with Crippen LogP contribution in [0.3, 0.4) is 0 Å². The fourth-order valence-electron chi connectivity index (χ4n) is 2.48. The molecule has 1 aliphatic heterocycles. The molecule has 1 atom stereocenters. The summed E-state index contributed by atoms with van der Waals surface area (Å²) in [5.41, 5.74) is -0.578. The van der Waals surface area contributed by atoms with Gasteiger partial charge in [-0.05, 0) is 32.9 Å². The van der Waals surface area contributed by atoms with Gasteiger partial charge in [-0.3, -0.25) is 4.90 Å². The number of benzene rings is 1. The average molecular weight is 378 g/mol. The quantitative estimate of drug-likeness (QED) is 0.618. The van der Waals surface area contributed by atoms with Crippen LogP contribution in [-0.2, 0) is 14.3 Å². The number of carbonyl (C=O) groups is 4. The molecule has 0 spiro atoms. The van der Waals surface area contributed by atoms with Gasteiger partial charge in [-0.1, -0.05) is 18.2 Å². The average Bonchev–Trinajstić information content (AvgIpc) is 2.60. The molecule has 1 aliphatic rings. The summed E-state index contributed by atoms with van der Waals surface area (Å²) in [6.07, 6.45) is -1.73. The highest BCUT2D eigenvalue weighted by molar-refractivity contribution is 5.96. The first-order valence-electron chi connectivity index (χ1n) is 8.37. The van der Waals surface area contributed by atoms with Crippen LogP contribution >= 0.6 is 0 Å². The van der Waals surface area contributed by atoms with Gasteiger partial charge in [0.2, 0.25) is 0 Å². The molecule has 27 heavy (non-hydrogen) atoms. The zero-order valence-corrected chi connectivity index (χ0v) is 15.4. The Morgan fingerprint density at radius 1 is 1.04 bits per heavy atom. The summed E-state index contributed by atoms with van der Waals surface area (Å²) >= 11 is 0. The van der Waals surface area contributed by atoms with E-state index in [4.69, 9.17) is 9.47 Å². The number of nitrogens with zero attached hydrogens (tertiary/aromatic N) is 2. The van der Waals surface area contributed by atoms with E-state index in [0.29, 0.717) is 0 Å². The van der Waals surface area contributed by atoms with Crippen molar-refractivity contribution in [2.45, 2.75) is 32.4 Å². The Morgan fingerprint density at radius 2 is 1.67 bits per heavy atom. The van der Waals surface area contributed by atoms with Crippen molar-refractivity contribution in [1.29, 1.82) is 0 Å². The lowest BCUT2D eigenvalue weighted by Crippen LogP contribution is -2.60. The summed E-state index contributed by atoms with van der Waals surface area (Å²) in [6, 6.07) is 6.66. The number of ether oxygens (including phenoxy) is 2. The zero-order valence-electron chi connectivity index (χ0n) is 15.4. The third-order valence-corrected chi connectivity index (χ3v) is 3.74. The highest BCUT2D eigenvalue weighted by Gasteiger charge is 2.39. The molecule has 1 fully saturated rings. The lowest BCUT2D eigenvalue weighted by molar-refractivity contribution is -0.145. The molecule has 0 saturated carbocycles. The first kappa shape index (κ1) is 20.2. The molecule has 146 valence electrons. The molecular formula is C18H22N2O7. The minimum Gasteiger partial charge on any atom is -0.480 e. The summed E-state index contributed by atoms with van der Waals surface area (Å²) in [5.74, 6) is -2.12. The van der Waals surface area contributed by atoms with E-state index in [9.17, 15) is 24.3 Å². The molecule has 2 amide bonds. The van der Waals surface area contributed by atoms with E-state index in [1.54, 1.807) is 39.0 Å². The minimum atomic E-state index is -1.30. The van der Waals surface area contributed by atoms with Crippen LogP contribution in [0.1, 0.15) is 31.1 Å². The maximum Gasteiger partial charge on any atom is 0.417 e. The van der Waals surface area contributed by atoms with E-state index in [2.05, 4.69) is 0 Å². The number of aliphatic carboxylic acids is 1. The predicted octanol–water partition coefficient (Wildman–Crippen LogP) is 1.97. The van der Waals surface area contributed by atoms with E-state index in [0.717, 1.165) is 9.80 Å². The number of carbonyl (C=O) groups excluding carboxylic acids is 3. The van der Waals surface area contributed by atoms with Crippen molar-refractivity contribution in [3.8, 4) is 0 Å². The molecule has 1 heterocycles. The number of carboxylic acids is 1. The molecule has 1 N–H and O–H groups in total. The number of carboxylic acid groups (broad SMARTS) is 1. The fraction of sp³-hybridized carbons (Fsp3) is 0.444. The van der Waals surface area contributed by atoms with Crippen molar-refractivity contribution >= 4 is 24.1 Å². The van der Waals surface area contributed by atoms with E-state index in [-0.39, 0.29) is 25.2 Å². The minimum absolute atomic E-state index is 0.0178. The summed E-state index contributed by atoms with van der Waals surface area (Å²) in [4.78, 5) is 50.1. The number of hydrogen-bond donors (Lipinski definition) is 1. The van der Waals surface area contributed by atoms with E-state index in [1.807, 2.05) is 0 Å². The van der Waals surface area contributed by atoms with Crippen LogP contribution < -0.4 is 0 Å². The van der Waals surface area contributed by atoms with Crippen molar-refractivity contribution < 1.29 is 33.8 Å². The van der Waals surface area contributed by atoms with Crippen molar-refractivity contribution in [3.05, 3.63) is 35.9 Å². The molecule has 1 saturated heterocycles. The third kappa shape index (κ3) is 5.44. The Hall–Kier alpha value is -3.10. The van der Waals surface area contributed by atoms with E-state index < -0.39 is 35.8 Å². The van der Waals surface area contributed by atoms with Gasteiger partial charge in [0.05, 0.1) is 12.1 Å². The lowest BCUT2D eigenvalue weighted by atomic mass is 10.1. The van der Waals surface area contributed by atoms with Crippen molar-refractivity contribution in [3.63, 3.8) is 0 Å². The van der Waals surface area contributed by atoms with Crippen molar-refractivity contribution in [1.82, 2.24) is 9.80 Å². The van der Waals surface area contributed by atoms with Crippen LogP contribution in [-0.4, -0.2) is 70.3 Å². The van der Waals surface area contributed by atoms with Crippen LogP contribution in [0.15, 0.2) is 30.3 Å². The van der Waals surface area contributed by atoms with Gasteiger partial charge in [0, 0.05) is 13.1 Å². The maximum atomic E-state index is 12.2. The Morgan fingerprint density at radius 3 is 2.22 bits per heavy atom. The van der Waals surface area contributed by atoms with Crippen LogP contribution in [0.2, 0.25) is 0 Å². The van der Waals surface area contributed by atoms with Crippen molar-refractivity contribution in [2.24, 2.45) is 0 Å². The van der Waals surface area contributed by atoms with Gasteiger partial charge in [-0.2, -0.15) is 0 Å². The van der Waals surface area contributed by atoms with Gasteiger partial charge >= 0.3 is 24.1 Å². The highest BCUT2D eigenvalue weighted by atomic mass is 16.6. The second-order valence-corrected chi connectivity index (χ2v) is 7.00. The molecule has 9 heteroatoms. The van der Waals surface area contributed by atoms with E-state index in [1.165, 1.54) is 12.1 Å². The normalized spacial score (nSPS) is 17.2. The molecule has 1 aromatic carbocycles. The first-order valence-corrected chi connectivity index (χ1v) is 8.37. The SMILES string of the molecule is CC(C)(C)OC(=O)N1CCN(C(=O)OC(=O)c2ccccc2)CC1C(=O)O. The molecule has 1 aromatic rings. The molecule has 1 unspecified atom stereocenters. The van der Waals surface area contributed by atoms with Gasteiger partial charge in [-0.15, -0.1) is 0 Å². The summed E-state index contributed by atoms with van der Waals surface area (Å²) in [5, 5.41) is 9.42.